The first-order valence-corrected chi connectivity index (χ1v) is 7.96. The summed E-state index contributed by atoms with van der Waals surface area (Å²) in [4.78, 5) is 11.1. The van der Waals surface area contributed by atoms with Crippen LogP contribution in [0.3, 0.4) is 0 Å². The predicted molar refractivity (Wildman–Crippen MR) is 75.3 cm³/mol. The van der Waals surface area contributed by atoms with Crippen LogP contribution in [0.5, 0.6) is 0 Å². The van der Waals surface area contributed by atoms with Crippen LogP contribution in [0.1, 0.15) is 18.9 Å². The third-order valence-corrected chi connectivity index (χ3v) is 5.96. The van der Waals surface area contributed by atoms with Gasteiger partial charge in [-0.15, -0.1) is 0 Å². The summed E-state index contributed by atoms with van der Waals surface area (Å²) in [6, 6.07) is 5.79. The van der Waals surface area contributed by atoms with Crippen molar-refractivity contribution < 1.29 is 18.3 Å². The lowest BCUT2D eigenvalue weighted by atomic mass is 9.90. The van der Waals surface area contributed by atoms with E-state index in [1.54, 1.807) is 0 Å². The molecule has 6 nitrogen and oxygen atoms in total. The van der Waals surface area contributed by atoms with Gasteiger partial charge in [0.15, 0.2) is 0 Å². The second-order valence-corrected chi connectivity index (χ2v) is 7.52. The van der Waals surface area contributed by atoms with E-state index < -0.39 is 21.4 Å². The summed E-state index contributed by atoms with van der Waals surface area (Å²) >= 11 is 5.93. The van der Waals surface area contributed by atoms with E-state index >= 15 is 0 Å². The molecule has 2 rings (SSSR count). The Hall–Kier alpha value is -1.62. The van der Waals surface area contributed by atoms with Crippen molar-refractivity contribution >= 4 is 27.6 Å². The molecule has 1 aromatic rings. The lowest BCUT2D eigenvalue weighted by Gasteiger charge is -2.20. The van der Waals surface area contributed by atoms with Gasteiger partial charge in [-0.3, -0.25) is 4.79 Å². The van der Waals surface area contributed by atoms with Gasteiger partial charge in [-0.05, 0) is 31.5 Å². The van der Waals surface area contributed by atoms with Gasteiger partial charge in [-0.25, -0.2) is 8.42 Å². The molecule has 1 aliphatic heterocycles. The Morgan fingerprint density at radius 2 is 2.19 bits per heavy atom. The summed E-state index contributed by atoms with van der Waals surface area (Å²) < 4.78 is 26.2. The van der Waals surface area contributed by atoms with Crippen molar-refractivity contribution in [1.29, 1.82) is 5.26 Å². The summed E-state index contributed by atoms with van der Waals surface area (Å²) in [5, 5.41) is 17.9. The van der Waals surface area contributed by atoms with Crippen LogP contribution < -0.4 is 0 Å². The standard InChI is InChI=1S/C13H13ClN2O4S/c1-13(12(17)18)4-5-16(8-13)21(19,20)11-3-2-9(7-15)6-10(11)14/h2-3,6H,4-5,8H2,1H3,(H,17,18)/t13-/m1/s1. The molecule has 112 valence electrons. The molecule has 1 heterocycles. The van der Waals surface area contributed by atoms with E-state index in [4.69, 9.17) is 22.0 Å². The molecule has 0 aliphatic carbocycles. The number of carbonyl (C=O) groups is 1. The number of rotatable bonds is 3. The maximum atomic E-state index is 12.5. The summed E-state index contributed by atoms with van der Waals surface area (Å²) in [6.45, 7) is 1.55. The summed E-state index contributed by atoms with van der Waals surface area (Å²) in [5.41, 5.74) is -0.831. The third kappa shape index (κ3) is 2.75. The highest BCUT2D eigenvalue weighted by atomic mass is 35.5. The number of benzene rings is 1. The average Bonchev–Trinajstić information content (AvgIpc) is 2.83. The van der Waals surface area contributed by atoms with Crippen molar-refractivity contribution in [2.75, 3.05) is 13.1 Å². The zero-order valence-electron chi connectivity index (χ0n) is 11.2. The first kappa shape index (κ1) is 15.8. The molecule has 0 saturated carbocycles. The molecule has 0 bridgehead atoms. The highest BCUT2D eigenvalue weighted by Gasteiger charge is 2.45. The van der Waals surface area contributed by atoms with Gasteiger partial charge in [0.05, 0.1) is 22.1 Å². The highest BCUT2D eigenvalue weighted by Crippen LogP contribution is 2.35. The molecule has 0 aromatic heterocycles. The Bertz CT molecular complexity index is 741. The smallest absolute Gasteiger partial charge is 0.310 e. The molecule has 1 aromatic carbocycles. The van der Waals surface area contributed by atoms with Gasteiger partial charge in [-0.1, -0.05) is 11.6 Å². The first-order chi connectivity index (χ1) is 9.70. The molecular weight excluding hydrogens is 316 g/mol. The van der Waals surface area contributed by atoms with Crippen molar-refractivity contribution in [2.45, 2.75) is 18.2 Å². The number of hydrogen-bond donors (Lipinski definition) is 1. The predicted octanol–water partition coefficient (Wildman–Crippen LogP) is 1.70. The monoisotopic (exact) mass is 328 g/mol. The van der Waals surface area contributed by atoms with Crippen LogP contribution in [-0.2, 0) is 14.8 Å². The minimum atomic E-state index is -3.87. The number of hydrogen-bond acceptors (Lipinski definition) is 4. The molecule has 1 saturated heterocycles. The highest BCUT2D eigenvalue weighted by molar-refractivity contribution is 7.89. The average molecular weight is 329 g/mol. The van der Waals surface area contributed by atoms with E-state index in [2.05, 4.69) is 0 Å². The quantitative estimate of drug-likeness (QED) is 0.910. The largest absolute Gasteiger partial charge is 0.481 e. The summed E-state index contributed by atoms with van der Waals surface area (Å²) in [7, 11) is -3.87. The molecule has 1 N–H and O–H groups in total. The number of nitriles is 1. The Labute approximate surface area is 127 Å². The molecule has 0 amide bonds. The Morgan fingerprint density at radius 1 is 1.52 bits per heavy atom. The minimum Gasteiger partial charge on any atom is -0.481 e. The fraction of sp³-hybridized carbons (Fsp3) is 0.385. The molecule has 21 heavy (non-hydrogen) atoms. The van der Waals surface area contributed by atoms with E-state index in [0.29, 0.717) is 0 Å². The zero-order chi connectivity index (χ0) is 15.8. The second-order valence-electron chi connectivity index (χ2n) is 5.21. The Kier molecular flexibility index (Phi) is 3.97. The fourth-order valence-electron chi connectivity index (χ4n) is 2.22. The van der Waals surface area contributed by atoms with Gasteiger partial charge >= 0.3 is 5.97 Å². The zero-order valence-corrected chi connectivity index (χ0v) is 12.8. The molecule has 0 radical (unpaired) electrons. The van der Waals surface area contributed by atoms with Crippen LogP contribution in [0.2, 0.25) is 5.02 Å². The van der Waals surface area contributed by atoms with E-state index in [0.717, 1.165) is 4.31 Å². The summed E-state index contributed by atoms with van der Waals surface area (Å²) in [6.07, 6.45) is 0.245. The molecule has 0 unspecified atom stereocenters. The lowest BCUT2D eigenvalue weighted by molar-refractivity contribution is -0.146. The van der Waals surface area contributed by atoms with Gasteiger partial charge in [0.25, 0.3) is 0 Å². The van der Waals surface area contributed by atoms with Crippen LogP contribution in [0, 0.1) is 16.7 Å². The molecule has 0 spiro atoms. The summed E-state index contributed by atoms with van der Waals surface area (Å²) in [5.74, 6) is -1.02. The fourth-order valence-corrected chi connectivity index (χ4v) is 4.30. The van der Waals surface area contributed by atoms with E-state index in [1.807, 2.05) is 6.07 Å². The molecule has 1 fully saturated rings. The van der Waals surface area contributed by atoms with Gasteiger partial charge in [-0.2, -0.15) is 9.57 Å². The van der Waals surface area contributed by atoms with Gasteiger partial charge in [0.2, 0.25) is 10.0 Å². The third-order valence-electron chi connectivity index (χ3n) is 3.63. The van der Waals surface area contributed by atoms with Crippen LogP contribution >= 0.6 is 11.6 Å². The Morgan fingerprint density at radius 3 is 2.67 bits per heavy atom. The Balaban J connectivity index is 2.37. The van der Waals surface area contributed by atoms with Gasteiger partial charge in [0, 0.05) is 13.1 Å². The number of carboxylic acids is 1. The number of carboxylic acid groups (broad SMARTS) is 1. The normalized spacial score (nSPS) is 22.9. The van der Waals surface area contributed by atoms with Crippen molar-refractivity contribution in [2.24, 2.45) is 5.41 Å². The van der Waals surface area contributed by atoms with Crippen LogP contribution in [-0.4, -0.2) is 36.9 Å². The van der Waals surface area contributed by atoms with Crippen molar-refractivity contribution in [1.82, 2.24) is 4.31 Å². The van der Waals surface area contributed by atoms with Crippen molar-refractivity contribution in [3.8, 4) is 6.07 Å². The van der Waals surface area contributed by atoms with Gasteiger partial charge < -0.3 is 5.11 Å². The molecule has 1 aliphatic rings. The number of nitrogens with zero attached hydrogens (tertiary/aromatic N) is 2. The van der Waals surface area contributed by atoms with Crippen LogP contribution in [0.25, 0.3) is 0 Å². The van der Waals surface area contributed by atoms with Crippen LogP contribution in [0.15, 0.2) is 23.1 Å². The van der Waals surface area contributed by atoms with E-state index in [9.17, 15) is 13.2 Å². The van der Waals surface area contributed by atoms with Crippen molar-refractivity contribution in [3.63, 3.8) is 0 Å². The molecular formula is C13H13ClN2O4S. The topological polar surface area (TPSA) is 98.5 Å². The number of aliphatic carboxylic acids is 1. The van der Waals surface area contributed by atoms with E-state index in [-0.39, 0.29) is 35.0 Å². The lowest BCUT2D eigenvalue weighted by Crippen LogP contribution is -2.35. The van der Waals surface area contributed by atoms with Crippen molar-refractivity contribution in [3.05, 3.63) is 28.8 Å². The van der Waals surface area contributed by atoms with E-state index in [1.165, 1.54) is 25.1 Å². The maximum absolute atomic E-state index is 12.5. The van der Waals surface area contributed by atoms with Crippen LogP contribution in [0.4, 0.5) is 0 Å². The SMILES string of the molecule is C[C@@]1(C(=O)O)CCN(S(=O)(=O)c2ccc(C#N)cc2Cl)C1. The number of sulfonamides is 1. The molecule has 8 heteroatoms. The maximum Gasteiger partial charge on any atom is 0.310 e. The minimum absolute atomic E-state index is 0.0435. The van der Waals surface area contributed by atoms with Gasteiger partial charge in [0.1, 0.15) is 4.90 Å². The molecule has 1 atom stereocenters. The first-order valence-electron chi connectivity index (χ1n) is 6.14. The number of halogens is 1. The second kappa shape index (κ2) is 5.30.